The van der Waals surface area contributed by atoms with Crippen molar-refractivity contribution in [3.63, 3.8) is 0 Å². The predicted molar refractivity (Wildman–Crippen MR) is 159 cm³/mol. The molecule has 2 amide bonds. The molecule has 2 aromatic rings. The molecule has 42 heavy (non-hydrogen) atoms. The van der Waals surface area contributed by atoms with Gasteiger partial charge in [0.05, 0.1) is 17.9 Å². The van der Waals surface area contributed by atoms with Gasteiger partial charge in [-0.05, 0) is 77.9 Å². The Kier molecular flexibility index (Phi) is 10.6. The summed E-state index contributed by atoms with van der Waals surface area (Å²) in [5, 5.41) is 5.68. The Balaban J connectivity index is 1.47. The molecule has 0 aliphatic carbocycles. The standard InChI is InChI=1S/C31H40N4O7/c1-30(2,3)41-28(37)19-33-25-13-8-21(32-7)18-26(25)34-27(36)20-39-22-9-11-23(12-10-22)40-24-14-16-35(17-15-24)29(38)42-31(4,5)6/h8-13,18,24,33H,14-17,19-20H2,1-6H3,(H,34,36). The summed E-state index contributed by atoms with van der Waals surface area (Å²) in [6, 6.07) is 11.7. The molecule has 0 aromatic heterocycles. The monoisotopic (exact) mass is 580 g/mol. The lowest BCUT2D eigenvalue weighted by Gasteiger charge is -2.33. The summed E-state index contributed by atoms with van der Waals surface area (Å²) < 4.78 is 22.4. The Labute approximate surface area is 247 Å². The first-order valence-corrected chi connectivity index (χ1v) is 13.9. The van der Waals surface area contributed by atoms with E-state index < -0.39 is 23.1 Å². The van der Waals surface area contributed by atoms with Crippen LogP contribution in [0.2, 0.25) is 0 Å². The number of carbonyl (C=O) groups excluding carboxylic acids is 3. The highest BCUT2D eigenvalue weighted by atomic mass is 16.6. The number of nitrogens with zero attached hydrogens (tertiary/aromatic N) is 2. The number of anilines is 2. The van der Waals surface area contributed by atoms with Crippen LogP contribution in [0.5, 0.6) is 11.5 Å². The second-order valence-electron chi connectivity index (χ2n) is 11.9. The van der Waals surface area contributed by atoms with Crippen LogP contribution in [0.15, 0.2) is 42.5 Å². The average Bonchev–Trinajstić information content (AvgIpc) is 2.90. The minimum Gasteiger partial charge on any atom is -0.490 e. The van der Waals surface area contributed by atoms with E-state index in [0.717, 1.165) is 0 Å². The Morgan fingerprint density at radius 3 is 2.12 bits per heavy atom. The lowest BCUT2D eigenvalue weighted by molar-refractivity contribution is -0.152. The van der Waals surface area contributed by atoms with Gasteiger partial charge in [0.2, 0.25) is 0 Å². The van der Waals surface area contributed by atoms with Gasteiger partial charge in [-0.1, -0.05) is 6.07 Å². The van der Waals surface area contributed by atoms with E-state index in [2.05, 4.69) is 15.5 Å². The maximum absolute atomic E-state index is 12.6. The van der Waals surface area contributed by atoms with E-state index in [0.29, 0.717) is 54.5 Å². The van der Waals surface area contributed by atoms with Gasteiger partial charge in [0.25, 0.3) is 5.91 Å². The Bertz CT molecular complexity index is 1280. The normalized spacial score (nSPS) is 13.9. The quantitative estimate of drug-likeness (QED) is 0.283. The molecule has 3 rings (SSSR count). The van der Waals surface area contributed by atoms with Gasteiger partial charge in [0.15, 0.2) is 12.3 Å². The van der Waals surface area contributed by atoms with Crippen LogP contribution in [0.4, 0.5) is 21.9 Å². The van der Waals surface area contributed by atoms with Crippen molar-refractivity contribution in [2.24, 2.45) is 0 Å². The Hall–Kier alpha value is -4.46. The van der Waals surface area contributed by atoms with Gasteiger partial charge in [0.1, 0.15) is 35.3 Å². The average molecular weight is 581 g/mol. The number of likely N-dealkylation sites (tertiary alicyclic amines) is 1. The van der Waals surface area contributed by atoms with Crippen molar-refractivity contribution in [2.75, 3.05) is 36.9 Å². The molecule has 0 atom stereocenters. The zero-order valence-electron chi connectivity index (χ0n) is 25.1. The number of rotatable bonds is 9. The molecular weight excluding hydrogens is 540 g/mol. The summed E-state index contributed by atoms with van der Waals surface area (Å²) in [7, 11) is 0. The molecule has 0 unspecified atom stereocenters. The predicted octanol–water partition coefficient (Wildman–Crippen LogP) is 5.79. The van der Waals surface area contributed by atoms with Crippen LogP contribution < -0.4 is 20.1 Å². The number of ether oxygens (including phenoxy) is 4. The highest BCUT2D eigenvalue weighted by molar-refractivity contribution is 5.96. The van der Waals surface area contributed by atoms with Crippen LogP contribution in [0.1, 0.15) is 54.4 Å². The van der Waals surface area contributed by atoms with Gasteiger partial charge in [0, 0.05) is 25.9 Å². The van der Waals surface area contributed by atoms with Crippen LogP contribution in [0.3, 0.4) is 0 Å². The maximum Gasteiger partial charge on any atom is 0.410 e. The van der Waals surface area contributed by atoms with Gasteiger partial charge in [-0.15, -0.1) is 0 Å². The molecule has 226 valence electrons. The van der Waals surface area contributed by atoms with Gasteiger partial charge < -0.3 is 34.5 Å². The molecule has 11 nitrogen and oxygen atoms in total. The molecule has 1 fully saturated rings. The first kappa shape index (κ1) is 32.1. The smallest absolute Gasteiger partial charge is 0.410 e. The summed E-state index contributed by atoms with van der Waals surface area (Å²) in [4.78, 5) is 42.1. The van der Waals surface area contributed by atoms with Crippen LogP contribution in [-0.2, 0) is 19.1 Å². The second kappa shape index (κ2) is 13.9. The molecule has 2 aromatic carbocycles. The summed E-state index contributed by atoms with van der Waals surface area (Å²) in [6.45, 7) is 18.9. The van der Waals surface area contributed by atoms with E-state index in [1.54, 1.807) is 62.1 Å². The van der Waals surface area contributed by atoms with Crippen molar-refractivity contribution < 1.29 is 33.3 Å². The molecule has 2 N–H and O–H groups in total. The summed E-state index contributed by atoms with van der Waals surface area (Å²) in [6.07, 6.45) is 1.06. The molecule has 11 heteroatoms. The maximum atomic E-state index is 12.6. The number of benzene rings is 2. The fourth-order valence-electron chi connectivity index (χ4n) is 4.03. The fourth-order valence-corrected chi connectivity index (χ4v) is 4.03. The summed E-state index contributed by atoms with van der Waals surface area (Å²) in [5.41, 5.74) is 0.0103. The summed E-state index contributed by atoms with van der Waals surface area (Å²) >= 11 is 0. The van der Waals surface area contributed by atoms with Gasteiger partial charge in [-0.3, -0.25) is 9.59 Å². The third-order valence-electron chi connectivity index (χ3n) is 5.84. The lowest BCUT2D eigenvalue weighted by atomic mass is 10.1. The molecule has 1 heterocycles. The van der Waals surface area contributed by atoms with E-state index in [1.807, 2.05) is 20.8 Å². The number of hydrogen-bond donors (Lipinski definition) is 2. The third-order valence-corrected chi connectivity index (χ3v) is 5.84. The molecular formula is C31H40N4O7. The topological polar surface area (TPSA) is 120 Å². The van der Waals surface area contributed by atoms with Crippen LogP contribution in [0, 0.1) is 6.57 Å². The van der Waals surface area contributed by atoms with Crippen molar-refractivity contribution in [2.45, 2.75) is 71.7 Å². The molecule has 0 radical (unpaired) electrons. The molecule has 1 aliphatic heterocycles. The van der Waals surface area contributed by atoms with Gasteiger partial charge in [-0.2, -0.15) is 0 Å². The number of nitrogens with one attached hydrogen (secondary N) is 2. The van der Waals surface area contributed by atoms with E-state index >= 15 is 0 Å². The van der Waals surface area contributed by atoms with Crippen molar-refractivity contribution >= 4 is 35.0 Å². The largest absolute Gasteiger partial charge is 0.490 e. The zero-order chi connectivity index (χ0) is 30.9. The van der Waals surface area contributed by atoms with Crippen molar-refractivity contribution in [3.05, 3.63) is 53.9 Å². The van der Waals surface area contributed by atoms with E-state index in [4.69, 9.17) is 25.5 Å². The molecule has 0 bridgehead atoms. The molecule has 0 spiro atoms. The molecule has 0 saturated carbocycles. The minimum absolute atomic E-state index is 0.0226. The van der Waals surface area contributed by atoms with E-state index in [-0.39, 0.29) is 25.3 Å². The number of piperidine rings is 1. The van der Waals surface area contributed by atoms with E-state index in [1.165, 1.54) is 6.07 Å². The fraction of sp³-hybridized carbons (Fsp3) is 0.484. The highest BCUT2D eigenvalue weighted by Gasteiger charge is 2.27. The zero-order valence-corrected chi connectivity index (χ0v) is 25.1. The van der Waals surface area contributed by atoms with Gasteiger partial charge >= 0.3 is 12.1 Å². The number of carbonyl (C=O) groups is 3. The lowest BCUT2D eigenvalue weighted by Crippen LogP contribution is -2.44. The third kappa shape index (κ3) is 10.8. The minimum atomic E-state index is -0.619. The van der Waals surface area contributed by atoms with E-state index in [9.17, 15) is 14.4 Å². The molecule has 1 saturated heterocycles. The van der Waals surface area contributed by atoms with Crippen molar-refractivity contribution in [3.8, 4) is 11.5 Å². The van der Waals surface area contributed by atoms with Crippen molar-refractivity contribution in [1.82, 2.24) is 4.90 Å². The number of amides is 2. The summed E-state index contributed by atoms with van der Waals surface area (Å²) in [5.74, 6) is 0.264. The molecule has 1 aliphatic rings. The van der Waals surface area contributed by atoms with Crippen molar-refractivity contribution in [1.29, 1.82) is 0 Å². The van der Waals surface area contributed by atoms with Gasteiger partial charge in [-0.25, -0.2) is 9.64 Å². The number of esters is 1. The van der Waals surface area contributed by atoms with Crippen LogP contribution in [0.25, 0.3) is 4.85 Å². The number of hydrogen-bond acceptors (Lipinski definition) is 8. The van der Waals surface area contributed by atoms with Crippen LogP contribution >= 0.6 is 0 Å². The van der Waals surface area contributed by atoms with Crippen LogP contribution in [-0.4, -0.2) is 66.4 Å². The second-order valence-corrected chi connectivity index (χ2v) is 11.9. The Morgan fingerprint density at radius 2 is 1.52 bits per heavy atom. The Morgan fingerprint density at radius 1 is 0.905 bits per heavy atom. The first-order valence-electron chi connectivity index (χ1n) is 13.9. The first-order chi connectivity index (χ1) is 19.7. The SMILES string of the molecule is [C-]#[N+]c1ccc(NCC(=O)OC(C)(C)C)c(NC(=O)COc2ccc(OC3CCN(C(=O)OC(C)(C)C)CC3)cc2)c1. The highest BCUT2D eigenvalue weighted by Crippen LogP contribution is 2.28.